The van der Waals surface area contributed by atoms with Crippen molar-refractivity contribution in [1.82, 2.24) is 0 Å². The fourth-order valence-corrected chi connectivity index (χ4v) is 2.69. The molecular formula is C20H26N6O3. The summed E-state index contributed by atoms with van der Waals surface area (Å²) in [7, 11) is 0. The Labute approximate surface area is 169 Å². The number of phenolic OH excluding ortho intramolecular Hbond substituents is 1. The maximum atomic E-state index is 12.4. The summed E-state index contributed by atoms with van der Waals surface area (Å²) in [6.07, 6.45) is 1.14. The third-order valence-electron chi connectivity index (χ3n) is 4.12. The third kappa shape index (κ3) is 7.41. The SMILES string of the molecule is NC(=O)C(CCCN=C(N)N)Nc1ccccc1NC(=O)Cc1ccc(O)cc1. The van der Waals surface area contributed by atoms with E-state index in [-0.39, 0.29) is 24.0 Å². The Hall–Kier alpha value is -3.75. The molecule has 0 heterocycles. The van der Waals surface area contributed by atoms with Gasteiger partial charge in [-0.1, -0.05) is 24.3 Å². The van der Waals surface area contributed by atoms with Gasteiger partial charge >= 0.3 is 0 Å². The summed E-state index contributed by atoms with van der Waals surface area (Å²) in [5.74, 6) is -0.607. The first-order valence-corrected chi connectivity index (χ1v) is 9.13. The smallest absolute Gasteiger partial charge is 0.239 e. The van der Waals surface area contributed by atoms with Gasteiger partial charge in [-0.05, 0) is 42.7 Å². The van der Waals surface area contributed by atoms with E-state index in [4.69, 9.17) is 17.2 Å². The molecule has 9 N–H and O–H groups in total. The van der Waals surface area contributed by atoms with Gasteiger partial charge in [-0.3, -0.25) is 14.6 Å². The van der Waals surface area contributed by atoms with Crippen LogP contribution >= 0.6 is 0 Å². The maximum Gasteiger partial charge on any atom is 0.239 e. The number of phenols is 1. The van der Waals surface area contributed by atoms with Crippen LogP contribution in [-0.4, -0.2) is 35.5 Å². The number of nitrogens with one attached hydrogen (secondary N) is 2. The standard InChI is InChI=1S/C20H26N6O3/c21-19(29)17(6-3-11-24-20(22)23)25-15-4-1-2-5-16(15)26-18(28)12-13-7-9-14(27)10-8-13/h1-2,4-5,7-10,17,25,27H,3,6,11-12H2,(H2,21,29)(H,26,28)(H4,22,23,24). The van der Waals surface area contributed by atoms with Crippen molar-refractivity contribution in [1.29, 1.82) is 0 Å². The number of amides is 2. The summed E-state index contributed by atoms with van der Waals surface area (Å²) >= 11 is 0. The van der Waals surface area contributed by atoms with Crippen molar-refractivity contribution in [3.05, 3.63) is 54.1 Å². The van der Waals surface area contributed by atoms with E-state index < -0.39 is 11.9 Å². The van der Waals surface area contributed by atoms with Gasteiger partial charge in [-0.2, -0.15) is 0 Å². The Kier molecular flexibility index (Phi) is 7.84. The molecule has 9 nitrogen and oxygen atoms in total. The molecular weight excluding hydrogens is 372 g/mol. The first-order valence-electron chi connectivity index (χ1n) is 9.13. The topological polar surface area (TPSA) is 169 Å². The number of nitrogens with two attached hydrogens (primary N) is 3. The van der Waals surface area contributed by atoms with Gasteiger partial charge in [0.05, 0.1) is 17.8 Å². The molecule has 1 atom stereocenters. The zero-order chi connectivity index (χ0) is 21.2. The van der Waals surface area contributed by atoms with Gasteiger partial charge < -0.3 is 32.9 Å². The highest BCUT2D eigenvalue weighted by atomic mass is 16.3. The molecule has 1 unspecified atom stereocenters. The second-order valence-corrected chi connectivity index (χ2v) is 6.49. The number of guanidine groups is 1. The van der Waals surface area contributed by atoms with Gasteiger partial charge in [0, 0.05) is 6.54 Å². The van der Waals surface area contributed by atoms with Crippen molar-refractivity contribution >= 4 is 29.1 Å². The van der Waals surface area contributed by atoms with Crippen LogP contribution in [0.1, 0.15) is 18.4 Å². The van der Waals surface area contributed by atoms with Crippen molar-refractivity contribution in [2.45, 2.75) is 25.3 Å². The zero-order valence-electron chi connectivity index (χ0n) is 16.0. The molecule has 0 fully saturated rings. The van der Waals surface area contributed by atoms with Crippen LogP contribution in [0.25, 0.3) is 0 Å². The number of carbonyl (C=O) groups is 2. The predicted molar refractivity (Wildman–Crippen MR) is 113 cm³/mol. The fourth-order valence-electron chi connectivity index (χ4n) is 2.69. The van der Waals surface area contributed by atoms with Crippen LogP contribution in [0.15, 0.2) is 53.5 Å². The van der Waals surface area contributed by atoms with Crippen LogP contribution in [0, 0.1) is 0 Å². The average Bonchev–Trinajstić information content (AvgIpc) is 2.67. The van der Waals surface area contributed by atoms with E-state index in [2.05, 4.69) is 15.6 Å². The Balaban J connectivity index is 2.02. The second-order valence-electron chi connectivity index (χ2n) is 6.49. The molecule has 0 saturated heterocycles. The van der Waals surface area contributed by atoms with E-state index in [0.29, 0.717) is 30.8 Å². The number of primary amides is 1. The van der Waals surface area contributed by atoms with Crippen LogP contribution in [0.4, 0.5) is 11.4 Å². The quantitative estimate of drug-likeness (QED) is 0.197. The number of aromatic hydroxyl groups is 1. The Morgan fingerprint density at radius 2 is 1.66 bits per heavy atom. The van der Waals surface area contributed by atoms with Crippen molar-refractivity contribution in [3.8, 4) is 5.75 Å². The number of aliphatic imine (C=N–C) groups is 1. The minimum atomic E-state index is -0.639. The molecule has 0 bridgehead atoms. The normalized spacial score (nSPS) is 11.3. The van der Waals surface area contributed by atoms with E-state index in [0.717, 1.165) is 5.56 Å². The molecule has 0 radical (unpaired) electrons. The largest absolute Gasteiger partial charge is 0.508 e. The van der Waals surface area contributed by atoms with Crippen molar-refractivity contribution in [2.75, 3.05) is 17.2 Å². The molecule has 0 aliphatic carbocycles. The highest BCUT2D eigenvalue weighted by Gasteiger charge is 2.17. The molecule has 0 aromatic heterocycles. The van der Waals surface area contributed by atoms with Crippen LogP contribution in [-0.2, 0) is 16.0 Å². The van der Waals surface area contributed by atoms with Gasteiger partial charge in [-0.15, -0.1) is 0 Å². The minimum Gasteiger partial charge on any atom is -0.508 e. The number of nitrogens with zero attached hydrogens (tertiary/aromatic N) is 1. The molecule has 2 aromatic rings. The van der Waals surface area contributed by atoms with E-state index in [1.54, 1.807) is 36.4 Å². The second kappa shape index (κ2) is 10.5. The summed E-state index contributed by atoms with van der Waals surface area (Å²) in [5, 5.41) is 15.2. The molecule has 154 valence electrons. The van der Waals surface area contributed by atoms with Crippen LogP contribution in [0.5, 0.6) is 5.75 Å². The summed E-state index contributed by atoms with van der Waals surface area (Å²) < 4.78 is 0. The molecule has 29 heavy (non-hydrogen) atoms. The number of para-hydroxylation sites is 2. The first-order chi connectivity index (χ1) is 13.8. The van der Waals surface area contributed by atoms with Crippen LogP contribution in [0.3, 0.4) is 0 Å². The number of carbonyl (C=O) groups excluding carboxylic acids is 2. The Bertz CT molecular complexity index is 863. The summed E-state index contributed by atoms with van der Waals surface area (Å²) in [4.78, 5) is 28.1. The van der Waals surface area contributed by atoms with E-state index in [1.165, 1.54) is 12.1 Å². The lowest BCUT2D eigenvalue weighted by molar-refractivity contribution is -0.119. The van der Waals surface area contributed by atoms with Gasteiger partial charge in [0.25, 0.3) is 0 Å². The van der Waals surface area contributed by atoms with Gasteiger partial charge in [-0.25, -0.2) is 0 Å². The lowest BCUT2D eigenvalue weighted by atomic mass is 10.1. The number of anilines is 2. The van der Waals surface area contributed by atoms with Crippen LogP contribution < -0.4 is 27.8 Å². The lowest BCUT2D eigenvalue weighted by Crippen LogP contribution is -2.36. The highest BCUT2D eigenvalue weighted by Crippen LogP contribution is 2.23. The molecule has 0 spiro atoms. The number of hydrogen-bond acceptors (Lipinski definition) is 5. The molecule has 0 aliphatic rings. The van der Waals surface area contributed by atoms with E-state index in [9.17, 15) is 14.7 Å². The number of rotatable bonds is 10. The van der Waals surface area contributed by atoms with Gasteiger partial charge in [0.15, 0.2) is 5.96 Å². The summed E-state index contributed by atoms with van der Waals surface area (Å²) in [6, 6.07) is 12.8. The monoisotopic (exact) mass is 398 g/mol. The first kappa shape index (κ1) is 21.5. The molecule has 2 aromatic carbocycles. The number of hydrogen-bond donors (Lipinski definition) is 6. The zero-order valence-corrected chi connectivity index (χ0v) is 16.0. The minimum absolute atomic E-state index is 0.00438. The molecule has 2 rings (SSSR count). The van der Waals surface area contributed by atoms with Gasteiger partial charge in [0.2, 0.25) is 11.8 Å². The molecule has 0 saturated carbocycles. The summed E-state index contributed by atoms with van der Waals surface area (Å²) in [5.41, 5.74) is 18.0. The van der Waals surface area contributed by atoms with Crippen molar-refractivity contribution in [3.63, 3.8) is 0 Å². The van der Waals surface area contributed by atoms with Crippen molar-refractivity contribution in [2.24, 2.45) is 22.2 Å². The average molecular weight is 398 g/mol. The maximum absolute atomic E-state index is 12.4. The Morgan fingerprint density at radius 1 is 1.00 bits per heavy atom. The third-order valence-corrected chi connectivity index (χ3v) is 4.12. The lowest BCUT2D eigenvalue weighted by Gasteiger charge is -2.19. The number of benzene rings is 2. The van der Waals surface area contributed by atoms with Crippen LogP contribution in [0.2, 0.25) is 0 Å². The van der Waals surface area contributed by atoms with Crippen molar-refractivity contribution < 1.29 is 14.7 Å². The molecule has 2 amide bonds. The predicted octanol–water partition coefficient (Wildman–Crippen LogP) is 0.893. The molecule has 9 heteroatoms. The highest BCUT2D eigenvalue weighted by molar-refractivity contribution is 5.96. The van der Waals surface area contributed by atoms with Gasteiger partial charge in [0.1, 0.15) is 11.8 Å². The Morgan fingerprint density at radius 3 is 2.28 bits per heavy atom. The van der Waals surface area contributed by atoms with E-state index >= 15 is 0 Å². The van der Waals surface area contributed by atoms with E-state index in [1.807, 2.05) is 0 Å². The molecule has 0 aliphatic heterocycles. The summed E-state index contributed by atoms with van der Waals surface area (Å²) in [6.45, 7) is 0.388. The fraction of sp³-hybridized carbons (Fsp3) is 0.250.